The van der Waals surface area contributed by atoms with Gasteiger partial charge in [-0.1, -0.05) is 71.9 Å². The van der Waals surface area contributed by atoms with Crippen molar-refractivity contribution in [3.05, 3.63) is 65.9 Å². The van der Waals surface area contributed by atoms with Gasteiger partial charge in [0.2, 0.25) is 94.5 Å². The summed E-state index contributed by atoms with van der Waals surface area (Å²) in [5.74, 6) is -14.9. The minimum absolute atomic E-state index is 0.0112. The number of H-pyrrole nitrogens is 1. The highest BCUT2D eigenvalue weighted by Crippen LogP contribution is 2.22. The van der Waals surface area contributed by atoms with Crippen LogP contribution in [-0.4, -0.2) is 243 Å². The monoisotopic (exact) mass is 1530 g/mol. The van der Waals surface area contributed by atoms with Crippen molar-refractivity contribution < 1.29 is 92.0 Å². The summed E-state index contributed by atoms with van der Waals surface area (Å²) in [6.45, 7) is 11.0. The van der Waals surface area contributed by atoms with Gasteiger partial charge < -0.3 is 111 Å². The van der Waals surface area contributed by atoms with Crippen LogP contribution >= 0.6 is 0 Å². The first-order chi connectivity index (χ1) is 51.5. The second-order valence-corrected chi connectivity index (χ2v) is 28.7. The first-order valence-electron chi connectivity index (χ1n) is 36.5. The minimum atomic E-state index is -1.87. The van der Waals surface area contributed by atoms with Crippen LogP contribution in [0.2, 0.25) is 0 Å². The molecule has 1 aromatic heterocycles. The average Bonchev–Trinajstić information content (AvgIpc) is 1.72. The van der Waals surface area contributed by atoms with Gasteiger partial charge in [0.15, 0.2) is 0 Å². The van der Waals surface area contributed by atoms with E-state index in [0.29, 0.717) is 30.6 Å². The molecule has 0 bridgehead atoms. The van der Waals surface area contributed by atoms with E-state index in [1.165, 1.54) is 43.0 Å². The Balaban J connectivity index is 1.20. The molecule has 16 amide bonds. The molecule has 600 valence electrons. The summed E-state index contributed by atoms with van der Waals surface area (Å²) in [5.41, 5.74) is 18.2. The fourth-order valence-electron chi connectivity index (χ4n) is 12.4. The van der Waals surface area contributed by atoms with E-state index in [0.717, 1.165) is 23.7 Å². The molecule has 2 saturated heterocycles. The minimum Gasteiger partial charge on any atom is -0.508 e. The lowest BCUT2D eigenvalue weighted by atomic mass is 9.99. The van der Waals surface area contributed by atoms with Crippen LogP contribution in [0.25, 0.3) is 10.9 Å². The van der Waals surface area contributed by atoms with E-state index in [2.05, 4.69) is 68.8 Å². The molecule has 2 aliphatic rings. The number of aliphatic hydroxyl groups excluding tert-OH is 2. The van der Waals surface area contributed by atoms with E-state index in [1.54, 1.807) is 76.9 Å². The van der Waals surface area contributed by atoms with Crippen LogP contribution < -0.4 is 81.0 Å². The number of hydrogen-bond acceptors (Lipinski definition) is 20. The zero-order chi connectivity index (χ0) is 80.9. The number of phenolic OH excluding ortho intramolecular Hbond substituents is 1. The predicted molar refractivity (Wildman–Crippen MR) is 394 cm³/mol. The molecule has 0 radical (unpaired) electrons. The number of phenols is 1. The van der Waals surface area contributed by atoms with Crippen molar-refractivity contribution in [2.45, 2.75) is 205 Å². The summed E-state index contributed by atoms with van der Waals surface area (Å²) < 4.78 is 0. The van der Waals surface area contributed by atoms with Crippen molar-refractivity contribution in [1.29, 1.82) is 0 Å². The summed E-state index contributed by atoms with van der Waals surface area (Å²) >= 11 is 0. The van der Waals surface area contributed by atoms with Gasteiger partial charge in [-0.25, -0.2) is 0 Å². The molecule has 12 atom stereocenters. The maximum atomic E-state index is 14.4. The number of fused-ring (bicyclic) bond motifs is 1. The summed E-state index contributed by atoms with van der Waals surface area (Å²) in [6.07, 6.45) is 0.855. The first-order valence-corrected chi connectivity index (χ1v) is 36.5. The molecule has 0 saturated carbocycles. The van der Waals surface area contributed by atoms with Gasteiger partial charge in [0.25, 0.3) is 0 Å². The second-order valence-electron chi connectivity index (χ2n) is 28.7. The van der Waals surface area contributed by atoms with Crippen LogP contribution in [0.3, 0.4) is 0 Å². The quantitative estimate of drug-likeness (QED) is 0.0252. The van der Waals surface area contributed by atoms with Gasteiger partial charge in [0.05, 0.1) is 38.8 Å². The molecule has 37 nitrogen and oxygen atoms in total. The number of amides is 16. The number of rotatable bonds is 43. The maximum absolute atomic E-state index is 14.4. The van der Waals surface area contributed by atoms with Gasteiger partial charge in [0, 0.05) is 56.0 Å². The molecule has 2 fully saturated rings. The molecule has 37 heteroatoms. The van der Waals surface area contributed by atoms with Crippen molar-refractivity contribution in [3.8, 4) is 5.75 Å². The molecular formula is C72H108N18O19. The van der Waals surface area contributed by atoms with Gasteiger partial charge >= 0.3 is 0 Å². The number of nitrogens with one attached hydrogen (secondary N) is 13. The van der Waals surface area contributed by atoms with Crippen molar-refractivity contribution >= 4 is 105 Å². The van der Waals surface area contributed by atoms with Crippen LogP contribution in [0.4, 0.5) is 0 Å². The second kappa shape index (κ2) is 43.2. The van der Waals surface area contributed by atoms with Crippen LogP contribution in [0, 0.1) is 17.8 Å². The summed E-state index contributed by atoms with van der Waals surface area (Å²) in [5, 5.41) is 61.6. The van der Waals surface area contributed by atoms with E-state index >= 15 is 0 Å². The number of nitrogens with two attached hydrogens (primary N) is 3. The Bertz CT molecular complexity index is 3710. The third-order valence-corrected chi connectivity index (χ3v) is 18.1. The van der Waals surface area contributed by atoms with Crippen LogP contribution in [0.1, 0.15) is 131 Å². The summed E-state index contributed by atoms with van der Waals surface area (Å²) in [4.78, 5) is 222. The molecule has 5 rings (SSSR count). The third-order valence-electron chi connectivity index (χ3n) is 18.1. The Hall–Kier alpha value is -10.8. The van der Waals surface area contributed by atoms with E-state index in [4.69, 9.17) is 17.2 Å². The van der Waals surface area contributed by atoms with Gasteiger partial charge in [0.1, 0.15) is 72.2 Å². The average molecular weight is 1530 g/mol. The van der Waals surface area contributed by atoms with Crippen molar-refractivity contribution in [1.82, 2.24) is 78.6 Å². The highest BCUT2D eigenvalue weighted by molar-refractivity contribution is 6.01. The topological polar surface area (TPSA) is 578 Å². The molecule has 2 aliphatic heterocycles. The molecule has 0 spiro atoms. The maximum Gasteiger partial charge on any atom is 0.245 e. The Morgan fingerprint density at radius 2 is 1.04 bits per heavy atom. The molecule has 0 aliphatic carbocycles. The van der Waals surface area contributed by atoms with E-state index < -0.39 is 194 Å². The molecule has 3 heterocycles. The molecule has 0 unspecified atom stereocenters. The fraction of sp³-hybridized carbons (Fsp3) is 0.583. The van der Waals surface area contributed by atoms with Crippen molar-refractivity contribution in [3.63, 3.8) is 0 Å². The highest BCUT2D eigenvalue weighted by Gasteiger charge is 2.40. The summed E-state index contributed by atoms with van der Waals surface area (Å²) in [6, 6.07) is -3.18. The molecule has 109 heavy (non-hydrogen) atoms. The molecule has 22 N–H and O–H groups in total. The number of hydrogen-bond donors (Lipinski definition) is 19. The highest BCUT2D eigenvalue weighted by atomic mass is 16.3. The largest absolute Gasteiger partial charge is 0.508 e. The smallest absolute Gasteiger partial charge is 0.245 e. The molecule has 3 aromatic rings. The first kappa shape index (κ1) is 88.8. The van der Waals surface area contributed by atoms with Gasteiger partial charge in [-0.05, 0) is 112 Å². The van der Waals surface area contributed by atoms with E-state index in [9.17, 15) is 92.0 Å². The number of aromatic amines is 1. The number of benzene rings is 2. The normalized spacial score (nSPS) is 16.4. The number of carbonyl (C=O) groups excluding carboxylic acids is 16. The molecular weight excluding hydrogens is 1420 g/mol. The van der Waals surface area contributed by atoms with Gasteiger partial charge in [-0.15, -0.1) is 0 Å². The Kier molecular flexibility index (Phi) is 35.2. The number of aromatic hydroxyl groups is 1. The fourth-order valence-corrected chi connectivity index (χ4v) is 12.4. The van der Waals surface area contributed by atoms with E-state index in [1.807, 2.05) is 0 Å². The zero-order valence-electron chi connectivity index (χ0n) is 62.8. The number of aromatic nitrogens is 1. The van der Waals surface area contributed by atoms with E-state index in [-0.39, 0.29) is 87.3 Å². The standard InChI is InChI=1S/C72H108N18O19/c1-37(2)26-48(63(100)78-35-60(98)90-25-13-16-55(90)70(107)82-47(21-22-56(74)94)72(109)89-23-11-12-24-89)83-64(101)49(27-38(3)4)84-66(103)51(29-42-17-19-44(93)20-18-42)81-59(97)34-77-62(99)40(7)79-69(106)54(36-91)87-67(104)53(31-57(75)95)85-65(102)50(28-39(5)6)86-71(108)61(41(8)92)88-68(105)52(80-58(96)32-73)30-43-33-76-46-15-10-9-14-45(43)46/h9-10,14-15,17-20,33,37-41,47-55,61,76,91-93H,11-13,16,21-32,34-36,73H2,1-8H3,(H2,74,94)(H2,75,95)(H,77,99)(H,78,100)(H,79,106)(H,80,96)(H,81,97)(H,82,107)(H,83,101)(H,84,103)(H,85,102)(H,86,108)(H,87,104)(H,88,105)/t40-,41+,47-,48-,49-,50-,51-,52-,53-,54-,55-,61-/m0/s1. The lowest BCUT2D eigenvalue weighted by Crippen LogP contribution is -2.62. The Morgan fingerprint density at radius 1 is 0.523 bits per heavy atom. The number of para-hydroxylation sites is 1. The Morgan fingerprint density at radius 3 is 1.61 bits per heavy atom. The Labute approximate surface area is 631 Å². The lowest BCUT2D eigenvalue weighted by molar-refractivity contribution is -0.141. The molecule has 2 aromatic carbocycles. The van der Waals surface area contributed by atoms with Gasteiger partial charge in [-0.2, -0.15) is 0 Å². The van der Waals surface area contributed by atoms with Crippen LogP contribution in [0.5, 0.6) is 5.75 Å². The van der Waals surface area contributed by atoms with Crippen molar-refractivity contribution in [2.75, 3.05) is 45.9 Å². The van der Waals surface area contributed by atoms with Crippen LogP contribution in [-0.2, 0) is 89.6 Å². The van der Waals surface area contributed by atoms with Gasteiger partial charge in [-0.3, -0.25) is 76.7 Å². The number of carbonyl (C=O) groups is 16. The third kappa shape index (κ3) is 28.7. The number of aliphatic hydroxyl groups is 2. The SMILES string of the molecule is CC(C)C[C@H](NC(=O)[C@H](CC(C)C)NC(=O)[C@H](Cc1ccc(O)cc1)NC(=O)CNC(=O)[C@H](C)NC(=O)[C@H](CO)NC(=O)[C@H](CC(N)=O)NC(=O)[C@H](CC(C)C)NC(=O)[C@@H](NC(=O)[C@H](Cc1c[nH]c2ccccc12)NC(=O)CN)[C@@H](C)O)C(=O)NCC(=O)N1CCC[C@H]1C(=O)N[C@@H](CCC(N)=O)C(=O)N1CCCC1. The van der Waals surface area contributed by atoms with Crippen LogP contribution in [0.15, 0.2) is 54.7 Å². The number of likely N-dealkylation sites (tertiary alicyclic amines) is 2. The van der Waals surface area contributed by atoms with Crippen molar-refractivity contribution in [2.24, 2.45) is 35.0 Å². The number of nitrogens with zero attached hydrogens (tertiary/aromatic N) is 2. The lowest BCUT2D eigenvalue weighted by Gasteiger charge is -2.29. The summed E-state index contributed by atoms with van der Waals surface area (Å²) in [7, 11) is 0. The predicted octanol–water partition coefficient (Wildman–Crippen LogP) is -5.02. The zero-order valence-corrected chi connectivity index (χ0v) is 62.8. The number of primary amides is 2.